The Balaban J connectivity index is 2.52. The molecule has 1 atom stereocenters. The van der Waals surface area contributed by atoms with Gasteiger partial charge in [0.2, 0.25) is 5.91 Å². The molecule has 0 aromatic heterocycles. The summed E-state index contributed by atoms with van der Waals surface area (Å²) in [6.45, 7) is 6.83. The summed E-state index contributed by atoms with van der Waals surface area (Å²) in [5.41, 5.74) is -0.512. The van der Waals surface area contributed by atoms with Crippen LogP contribution in [-0.4, -0.2) is 68.3 Å². The second-order valence-electron chi connectivity index (χ2n) is 7.32. The molecule has 1 aliphatic heterocycles. The lowest BCUT2D eigenvalue weighted by Crippen LogP contribution is -2.47. The summed E-state index contributed by atoms with van der Waals surface area (Å²) >= 11 is 0. The van der Waals surface area contributed by atoms with Crippen LogP contribution < -0.4 is 10.6 Å². The van der Waals surface area contributed by atoms with Crippen LogP contribution in [0.15, 0.2) is 0 Å². The number of hydrogen-bond donors (Lipinski definition) is 2. The molecule has 8 heteroatoms. The fraction of sp³-hybridized carbons (Fsp3) is 0.824. The molecule has 0 aromatic rings. The standard InChI is InChI=1S/C17H31N3O5/c1-17(2,3)25-16(23)20-8-6-12(7-9-20)10-13(15(22)24-5)19-14(21)11-18-4/h12-13,18H,6-11H2,1-5H3,(H,19,21). The average molecular weight is 357 g/mol. The van der Waals surface area contributed by atoms with Crippen LogP contribution in [0.1, 0.15) is 40.0 Å². The van der Waals surface area contributed by atoms with Crippen LogP contribution in [0.3, 0.4) is 0 Å². The third kappa shape index (κ3) is 7.72. The van der Waals surface area contributed by atoms with Crippen LogP contribution in [-0.2, 0) is 19.1 Å². The van der Waals surface area contributed by atoms with Gasteiger partial charge in [-0.25, -0.2) is 9.59 Å². The number of likely N-dealkylation sites (tertiary alicyclic amines) is 1. The summed E-state index contributed by atoms with van der Waals surface area (Å²) in [6, 6.07) is -0.663. The lowest BCUT2D eigenvalue weighted by Gasteiger charge is -2.34. The quantitative estimate of drug-likeness (QED) is 0.686. The van der Waals surface area contributed by atoms with E-state index < -0.39 is 17.6 Å². The first-order valence-corrected chi connectivity index (χ1v) is 8.66. The number of esters is 1. The number of carbonyl (C=O) groups excluding carboxylic acids is 3. The van der Waals surface area contributed by atoms with Crippen LogP contribution in [0.4, 0.5) is 4.79 Å². The maximum absolute atomic E-state index is 12.1. The van der Waals surface area contributed by atoms with Gasteiger partial charge in [-0.3, -0.25) is 4.79 Å². The number of nitrogens with one attached hydrogen (secondary N) is 2. The van der Waals surface area contributed by atoms with Crippen LogP contribution in [0, 0.1) is 5.92 Å². The molecule has 8 nitrogen and oxygen atoms in total. The highest BCUT2D eigenvalue weighted by Gasteiger charge is 2.30. The molecule has 1 fully saturated rings. The lowest BCUT2D eigenvalue weighted by atomic mass is 9.90. The number of amides is 2. The largest absolute Gasteiger partial charge is 0.467 e. The lowest BCUT2D eigenvalue weighted by molar-refractivity contribution is -0.145. The number of likely N-dealkylation sites (N-methyl/N-ethyl adjacent to an activating group) is 1. The van der Waals surface area contributed by atoms with Gasteiger partial charge < -0.3 is 25.0 Å². The minimum Gasteiger partial charge on any atom is -0.467 e. The highest BCUT2D eigenvalue weighted by Crippen LogP contribution is 2.23. The van der Waals surface area contributed by atoms with Crippen molar-refractivity contribution >= 4 is 18.0 Å². The van der Waals surface area contributed by atoms with Gasteiger partial charge in [-0.15, -0.1) is 0 Å². The van der Waals surface area contributed by atoms with E-state index in [0.717, 1.165) is 12.8 Å². The first-order chi connectivity index (χ1) is 11.7. The topological polar surface area (TPSA) is 97.0 Å². The van der Waals surface area contributed by atoms with E-state index >= 15 is 0 Å². The summed E-state index contributed by atoms with van der Waals surface area (Å²) in [5.74, 6) is -0.458. The SMILES string of the molecule is CNCC(=O)NC(CC1CCN(C(=O)OC(C)(C)C)CC1)C(=O)OC. The Kier molecular flexibility index (Phi) is 8.15. The van der Waals surface area contributed by atoms with E-state index in [-0.39, 0.29) is 24.5 Å². The number of carbonyl (C=O) groups is 3. The molecule has 1 rings (SSSR count). The molecule has 0 radical (unpaired) electrons. The molecule has 1 heterocycles. The van der Waals surface area contributed by atoms with Gasteiger partial charge in [0.25, 0.3) is 0 Å². The molecule has 0 aliphatic carbocycles. The van der Waals surface area contributed by atoms with Crippen LogP contribution in [0.2, 0.25) is 0 Å². The Morgan fingerprint density at radius 1 is 1.20 bits per heavy atom. The van der Waals surface area contributed by atoms with Crippen molar-refractivity contribution in [3.05, 3.63) is 0 Å². The van der Waals surface area contributed by atoms with Crippen molar-refractivity contribution in [2.24, 2.45) is 5.92 Å². The van der Waals surface area contributed by atoms with E-state index in [9.17, 15) is 14.4 Å². The number of hydrogen-bond acceptors (Lipinski definition) is 6. The molecular weight excluding hydrogens is 326 g/mol. The van der Waals surface area contributed by atoms with E-state index in [1.165, 1.54) is 7.11 Å². The van der Waals surface area contributed by atoms with Gasteiger partial charge in [0.15, 0.2) is 0 Å². The maximum atomic E-state index is 12.1. The average Bonchev–Trinajstić information content (AvgIpc) is 2.52. The molecule has 0 bridgehead atoms. The third-order valence-electron chi connectivity index (χ3n) is 3.99. The van der Waals surface area contributed by atoms with Gasteiger partial charge in [0.1, 0.15) is 11.6 Å². The molecule has 2 amide bonds. The van der Waals surface area contributed by atoms with Crippen molar-refractivity contribution in [2.75, 3.05) is 33.8 Å². The summed E-state index contributed by atoms with van der Waals surface area (Å²) in [4.78, 5) is 37.4. The van der Waals surface area contributed by atoms with Gasteiger partial charge in [0, 0.05) is 13.1 Å². The predicted molar refractivity (Wildman–Crippen MR) is 93.0 cm³/mol. The third-order valence-corrected chi connectivity index (χ3v) is 3.99. The first kappa shape index (κ1) is 21.2. The number of ether oxygens (including phenoxy) is 2. The predicted octanol–water partition coefficient (Wildman–Crippen LogP) is 0.901. The van der Waals surface area contributed by atoms with Crippen LogP contribution >= 0.6 is 0 Å². The Hall–Kier alpha value is -1.83. The Labute approximate surface area is 149 Å². The van der Waals surface area contributed by atoms with E-state index in [2.05, 4.69) is 10.6 Å². The fourth-order valence-corrected chi connectivity index (χ4v) is 2.77. The van der Waals surface area contributed by atoms with E-state index in [1.54, 1.807) is 11.9 Å². The Morgan fingerprint density at radius 3 is 2.28 bits per heavy atom. The van der Waals surface area contributed by atoms with Crippen molar-refractivity contribution < 1.29 is 23.9 Å². The van der Waals surface area contributed by atoms with Gasteiger partial charge in [0.05, 0.1) is 13.7 Å². The smallest absolute Gasteiger partial charge is 0.410 e. The molecule has 144 valence electrons. The summed E-state index contributed by atoms with van der Waals surface area (Å²) < 4.78 is 10.2. The molecule has 1 aliphatic rings. The second-order valence-corrected chi connectivity index (χ2v) is 7.32. The molecule has 1 unspecified atom stereocenters. The van der Waals surface area contributed by atoms with Crippen molar-refractivity contribution in [2.45, 2.75) is 51.7 Å². The first-order valence-electron chi connectivity index (χ1n) is 8.66. The zero-order valence-corrected chi connectivity index (χ0v) is 15.9. The van der Waals surface area contributed by atoms with E-state index in [1.807, 2.05) is 20.8 Å². The second kappa shape index (κ2) is 9.60. The van der Waals surface area contributed by atoms with Crippen molar-refractivity contribution in [3.8, 4) is 0 Å². The normalized spacial score (nSPS) is 16.9. The number of rotatable bonds is 6. The van der Waals surface area contributed by atoms with Gasteiger partial charge in [-0.2, -0.15) is 0 Å². The van der Waals surface area contributed by atoms with Gasteiger partial charge in [-0.05, 0) is 53.0 Å². The number of methoxy groups -OCH3 is 1. The zero-order chi connectivity index (χ0) is 19.0. The Bertz CT molecular complexity index is 467. The number of nitrogens with zero attached hydrogens (tertiary/aromatic N) is 1. The fourth-order valence-electron chi connectivity index (χ4n) is 2.77. The van der Waals surface area contributed by atoms with E-state index in [4.69, 9.17) is 9.47 Å². The summed E-state index contributed by atoms with van der Waals surface area (Å²) in [6.07, 6.45) is 1.71. The van der Waals surface area contributed by atoms with Gasteiger partial charge >= 0.3 is 12.1 Å². The monoisotopic (exact) mass is 357 g/mol. The maximum Gasteiger partial charge on any atom is 0.410 e. The Morgan fingerprint density at radius 2 is 1.80 bits per heavy atom. The van der Waals surface area contributed by atoms with E-state index in [0.29, 0.717) is 19.5 Å². The molecule has 2 N–H and O–H groups in total. The highest BCUT2D eigenvalue weighted by atomic mass is 16.6. The summed E-state index contributed by atoms with van der Waals surface area (Å²) in [7, 11) is 2.98. The molecule has 1 saturated heterocycles. The minimum atomic E-state index is -0.663. The molecule has 0 spiro atoms. The summed E-state index contributed by atoms with van der Waals surface area (Å²) in [5, 5.41) is 5.45. The van der Waals surface area contributed by atoms with Crippen LogP contribution in [0.25, 0.3) is 0 Å². The van der Waals surface area contributed by atoms with Crippen LogP contribution in [0.5, 0.6) is 0 Å². The molecule has 25 heavy (non-hydrogen) atoms. The molecular formula is C17H31N3O5. The van der Waals surface area contributed by atoms with Gasteiger partial charge in [-0.1, -0.05) is 0 Å². The molecule has 0 aromatic carbocycles. The highest BCUT2D eigenvalue weighted by molar-refractivity contribution is 5.85. The van der Waals surface area contributed by atoms with Crippen molar-refractivity contribution in [1.82, 2.24) is 15.5 Å². The zero-order valence-electron chi connectivity index (χ0n) is 15.9. The minimum absolute atomic E-state index is 0.143. The van der Waals surface area contributed by atoms with Crippen molar-refractivity contribution in [1.29, 1.82) is 0 Å². The number of piperidine rings is 1. The molecule has 0 saturated carbocycles. The van der Waals surface area contributed by atoms with Crippen molar-refractivity contribution in [3.63, 3.8) is 0 Å².